The number of allylic oxidation sites excluding steroid dienone is 2. The van der Waals surface area contributed by atoms with Crippen LogP contribution in [0.2, 0.25) is 0 Å². The molecule has 3 aromatic carbocycles. The van der Waals surface area contributed by atoms with E-state index < -0.39 is 46.4 Å². The molecule has 1 atom stereocenters. The van der Waals surface area contributed by atoms with Crippen molar-refractivity contribution in [1.82, 2.24) is 0 Å². The minimum Gasteiger partial charge on any atom is -0.505 e. The van der Waals surface area contributed by atoms with Crippen molar-refractivity contribution in [2.45, 2.75) is 62.7 Å². The van der Waals surface area contributed by atoms with Crippen molar-refractivity contribution in [2.75, 3.05) is 0 Å². The molecule has 0 heterocycles. The lowest BCUT2D eigenvalue weighted by molar-refractivity contribution is 0.361. The molecule has 1 unspecified atom stereocenters. The molecule has 38 heavy (non-hydrogen) atoms. The lowest BCUT2D eigenvalue weighted by atomic mass is 9.75. The van der Waals surface area contributed by atoms with Crippen LogP contribution < -0.4 is 0 Å². The standard InChI is InChI=1S/C30H26F6O2/c31-25-19(15-1-5-17(6-2-15)21-11-13-23(37)29(35)27(21)33)9-10-20(26(25)32)16-3-7-18(8-4-16)22-12-14-24(38)30(36)28(22)34/h5,9-16,18,37-38H,1-4,6-8H2. The fourth-order valence-corrected chi connectivity index (χ4v) is 5.94. The van der Waals surface area contributed by atoms with Crippen molar-refractivity contribution < 1.29 is 36.6 Å². The second-order valence-corrected chi connectivity index (χ2v) is 10.2. The lowest BCUT2D eigenvalue weighted by Gasteiger charge is -2.30. The van der Waals surface area contributed by atoms with Crippen molar-refractivity contribution >= 4 is 5.57 Å². The Labute approximate surface area is 216 Å². The van der Waals surface area contributed by atoms with Gasteiger partial charge in [0.2, 0.25) is 11.6 Å². The predicted octanol–water partition coefficient (Wildman–Crippen LogP) is 8.72. The highest BCUT2D eigenvalue weighted by Gasteiger charge is 2.31. The number of hydrogen-bond acceptors (Lipinski definition) is 2. The molecule has 2 aliphatic rings. The highest BCUT2D eigenvalue weighted by Crippen LogP contribution is 2.44. The molecular weight excluding hydrogens is 506 g/mol. The summed E-state index contributed by atoms with van der Waals surface area (Å²) < 4.78 is 86.5. The Hall–Kier alpha value is -3.42. The molecule has 2 N–H and O–H groups in total. The first-order valence-corrected chi connectivity index (χ1v) is 12.7. The van der Waals surface area contributed by atoms with Crippen molar-refractivity contribution in [1.29, 1.82) is 0 Å². The molecule has 0 amide bonds. The number of aromatic hydroxyl groups is 2. The van der Waals surface area contributed by atoms with E-state index in [9.17, 15) is 27.8 Å². The molecule has 8 heteroatoms. The monoisotopic (exact) mass is 532 g/mol. The van der Waals surface area contributed by atoms with Crippen LogP contribution in [-0.2, 0) is 0 Å². The maximum atomic E-state index is 15.2. The Balaban J connectivity index is 1.29. The topological polar surface area (TPSA) is 40.5 Å². The van der Waals surface area contributed by atoms with Crippen LogP contribution in [0.1, 0.15) is 85.0 Å². The summed E-state index contributed by atoms with van der Waals surface area (Å²) in [5, 5.41) is 18.7. The molecule has 0 bridgehead atoms. The summed E-state index contributed by atoms with van der Waals surface area (Å²) in [6.45, 7) is 0. The SMILES string of the molecule is Oc1ccc(C2=CCC(c3ccc(C4CCC(c5ccc(O)c(F)c5F)CC4)c(F)c3F)CC2)c(F)c1F. The van der Waals surface area contributed by atoms with E-state index in [2.05, 4.69) is 0 Å². The van der Waals surface area contributed by atoms with E-state index in [-0.39, 0.29) is 40.0 Å². The third-order valence-corrected chi connectivity index (χ3v) is 8.10. The second-order valence-electron chi connectivity index (χ2n) is 10.2. The number of hydrogen-bond donors (Lipinski definition) is 2. The predicted molar refractivity (Wildman–Crippen MR) is 131 cm³/mol. The fraction of sp³-hybridized carbons (Fsp3) is 0.333. The molecular formula is C30H26F6O2. The molecule has 0 spiro atoms. The number of halogens is 6. The summed E-state index contributed by atoms with van der Waals surface area (Å²) in [6.07, 6.45) is 4.68. The van der Waals surface area contributed by atoms with Gasteiger partial charge in [0, 0.05) is 5.56 Å². The third-order valence-electron chi connectivity index (χ3n) is 8.10. The molecule has 5 rings (SSSR count). The lowest BCUT2D eigenvalue weighted by Crippen LogP contribution is -2.16. The quantitative estimate of drug-likeness (QED) is 0.330. The van der Waals surface area contributed by atoms with Gasteiger partial charge in [0.1, 0.15) is 0 Å². The zero-order valence-electron chi connectivity index (χ0n) is 20.4. The maximum Gasteiger partial charge on any atom is 0.200 e. The Bertz CT molecular complexity index is 1410. The van der Waals surface area contributed by atoms with E-state index in [1.54, 1.807) is 18.2 Å². The molecule has 3 aromatic rings. The largest absolute Gasteiger partial charge is 0.505 e. The first-order chi connectivity index (χ1) is 18.2. The van der Waals surface area contributed by atoms with Gasteiger partial charge in [0.15, 0.2) is 34.8 Å². The van der Waals surface area contributed by atoms with E-state index in [1.807, 2.05) is 0 Å². The van der Waals surface area contributed by atoms with Gasteiger partial charge in [0.25, 0.3) is 0 Å². The van der Waals surface area contributed by atoms with Gasteiger partial charge >= 0.3 is 0 Å². The number of phenols is 2. The summed E-state index contributed by atoms with van der Waals surface area (Å²) in [7, 11) is 0. The van der Waals surface area contributed by atoms with Crippen molar-refractivity contribution in [2.24, 2.45) is 0 Å². The van der Waals surface area contributed by atoms with Gasteiger partial charge in [0.05, 0.1) is 0 Å². The third kappa shape index (κ3) is 4.65. The fourth-order valence-electron chi connectivity index (χ4n) is 5.94. The Morgan fingerprint density at radius 3 is 1.47 bits per heavy atom. The molecule has 0 aliphatic heterocycles. The van der Waals surface area contributed by atoms with Gasteiger partial charge in [-0.25, -0.2) is 17.6 Å². The first-order valence-electron chi connectivity index (χ1n) is 12.7. The molecule has 200 valence electrons. The van der Waals surface area contributed by atoms with Gasteiger partial charge in [-0.1, -0.05) is 24.3 Å². The van der Waals surface area contributed by atoms with E-state index in [4.69, 9.17) is 0 Å². The summed E-state index contributed by atoms with van der Waals surface area (Å²) in [5.41, 5.74) is 1.27. The minimum atomic E-state index is -1.32. The minimum absolute atomic E-state index is 0.0475. The van der Waals surface area contributed by atoms with Crippen LogP contribution in [0.4, 0.5) is 26.3 Å². The number of benzene rings is 3. The van der Waals surface area contributed by atoms with Crippen molar-refractivity contribution in [3.05, 3.63) is 99.6 Å². The summed E-state index contributed by atoms with van der Waals surface area (Å²) in [6, 6.07) is 8.05. The van der Waals surface area contributed by atoms with Crippen molar-refractivity contribution in [3.8, 4) is 11.5 Å². The maximum absolute atomic E-state index is 15.2. The van der Waals surface area contributed by atoms with Crippen LogP contribution in [0.25, 0.3) is 5.57 Å². The second kappa shape index (κ2) is 10.4. The molecule has 2 aliphatic carbocycles. The molecule has 1 saturated carbocycles. The van der Waals surface area contributed by atoms with E-state index in [0.717, 1.165) is 12.1 Å². The molecule has 0 saturated heterocycles. The van der Waals surface area contributed by atoms with Gasteiger partial charge in [-0.05, 0) is 103 Å². The van der Waals surface area contributed by atoms with Crippen LogP contribution in [0.3, 0.4) is 0 Å². The number of rotatable bonds is 4. The highest BCUT2D eigenvalue weighted by molar-refractivity contribution is 5.68. The average Bonchev–Trinajstić information content (AvgIpc) is 2.93. The zero-order valence-corrected chi connectivity index (χ0v) is 20.4. The molecule has 0 aromatic heterocycles. The van der Waals surface area contributed by atoms with E-state index >= 15 is 8.78 Å². The van der Waals surface area contributed by atoms with Gasteiger partial charge < -0.3 is 10.2 Å². The van der Waals surface area contributed by atoms with E-state index in [0.29, 0.717) is 50.5 Å². The zero-order chi connectivity index (χ0) is 27.1. The normalized spacial score (nSPS) is 21.8. The summed E-state index contributed by atoms with van der Waals surface area (Å²) in [4.78, 5) is 0. The molecule has 1 fully saturated rings. The highest BCUT2D eigenvalue weighted by atomic mass is 19.2. The Kier molecular flexibility index (Phi) is 7.16. The van der Waals surface area contributed by atoms with Gasteiger partial charge in [-0.15, -0.1) is 0 Å². The van der Waals surface area contributed by atoms with Crippen LogP contribution in [0, 0.1) is 34.9 Å². The smallest absolute Gasteiger partial charge is 0.200 e. The summed E-state index contributed by atoms with van der Waals surface area (Å²) >= 11 is 0. The average molecular weight is 533 g/mol. The van der Waals surface area contributed by atoms with Crippen LogP contribution in [0.15, 0.2) is 42.5 Å². The Morgan fingerprint density at radius 2 is 0.947 bits per heavy atom. The molecule has 2 nitrogen and oxygen atoms in total. The van der Waals surface area contributed by atoms with Crippen LogP contribution in [0.5, 0.6) is 11.5 Å². The van der Waals surface area contributed by atoms with Crippen molar-refractivity contribution in [3.63, 3.8) is 0 Å². The van der Waals surface area contributed by atoms with Crippen LogP contribution >= 0.6 is 0 Å². The van der Waals surface area contributed by atoms with E-state index in [1.165, 1.54) is 12.1 Å². The first kappa shape index (κ1) is 26.2. The molecule has 0 radical (unpaired) electrons. The van der Waals surface area contributed by atoms with Crippen LogP contribution in [-0.4, -0.2) is 10.2 Å². The van der Waals surface area contributed by atoms with Gasteiger partial charge in [-0.2, -0.15) is 8.78 Å². The summed E-state index contributed by atoms with van der Waals surface area (Å²) in [5.74, 6) is -9.00. The number of phenolic OH excluding ortho intramolecular Hbond substituents is 2. The van der Waals surface area contributed by atoms with Gasteiger partial charge in [-0.3, -0.25) is 0 Å². The Morgan fingerprint density at radius 1 is 0.500 bits per heavy atom.